The van der Waals surface area contributed by atoms with Gasteiger partial charge in [0.1, 0.15) is 0 Å². The minimum Gasteiger partial charge on any atom is -0.380 e. The Balaban J connectivity index is 2.99. The molecule has 0 rings (SSSR count). The highest BCUT2D eigenvalue weighted by Crippen LogP contribution is 1.95. The van der Waals surface area contributed by atoms with Crippen LogP contribution in [0.15, 0.2) is 0 Å². The number of halogens is 1. The van der Waals surface area contributed by atoms with Crippen molar-refractivity contribution < 1.29 is 4.74 Å². The zero-order chi connectivity index (χ0) is 10.5. The van der Waals surface area contributed by atoms with Gasteiger partial charge >= 0.3 is 0 Å². The summed E-state index contributed by atoms with van der Waals surface area (Å²) in [6.07, 6.45) is 6.73. The molecule has 0 unspecified atom stereocenters. The maximum atomic E-state index is 5.42. The van der Waals surface area contributed by atoms with Gasteiger partial charge in [-0.1, -0.05) is 29.3 Å². The Morgan fingerprint density at radius 3 is 2.50 bits per heavy atom. The maximum Gasteiger partial charge on any atom is 0.0575 e. The molecular weight excluding hydrogens is 240 g/mol. The van der Waals surface area contributed by atoms with Crippen molar-refractivity contribution in [2.24, 2.45) is 0 Å². The van der Waals surface area contributed by atoms with Crippen LogP contribution in [0.3, 0.4) is 0 Å². The number of unbranched alkanes of at least 4 members (excludes halogenated alkanes) is 3. The first-order valence-corrected chi connectivity index (χ1v) is 6.63. The average Bonchev–Trinajstić information content (AvgIpc) is 2.21. The van der Waals surface area contributed by atoms with Gasteiger partial charge in [0.2, 0.25) is 0 Å². The lowest BCUT2D eigenvalue weighted by atomic mass is 10.2. The topological polar surface area (TPSA) is 9.23 Å². The van der Waals surface area contributed by atoms with E-state index in [-0.39, 0.29) is 0 Å². The van der Waals surface area contributed by atoms with Crippen LogP contribution in [0.2, 0.25) is 0 Å². The van der Waals surface area contributed by atoms with Crippen molar-refractivity contribution in [1.82, 2.24) is 0 Å². The monoisotopic (exact) mass is 260 g/mol. The summed E-state index contributed by atoms with van der Waals surface area (Å²) in [6.45, 7) is 3.86. The molecular formula is C12H21BrO. The van der Waals surface area contributed by atoms with Gasteiger partial charge in [-0.15, -0.1) is 11.8 Å². The molecule has 0 amide bonds. The number of alkyl halides is 1. The van der Waals surface area contributed by atoms with Crippen LogP contribution in [0.25, 0.3) is 0 Å². The summed E-state index contributed by atoms with van der Waals surface area (Å²) in [4.78, 5) is 0. The molecule has 0 atom stereocenters. The van der Waals surface area contributed by atoms with Crippen LogP contribution in [0.4, 0.5) is 0 Å². The highest BCUT2D eigenvalue weighted by Gasteiger charge is 1.87. The van der Waals surface area contributed by atoms with Gasteiger partial charge in [0.25, 0.3) is 0 Å². The SMILES string of the molecule is CCCCC#CCCOCCCCBr. The zero-order valence-corrected chi connectivity index (χ0v) is 10.7. The molecule has 0 fully saturated rings. The van der Waals surface area contributed by atoms with Crippen LogP contribution in [-0.2, 0) is 4.74 Å². The minimum atomic E-state index is 0.793. The molecule has 0 aliphatic rings. The Morgan fingerprint density at radius 2 is 1.79 bits per heavy atom. The van der Waals surface area contributed by atoms with Gasteiger partial charge in [0.05, 0.1) is 6.61 Å². The molecule has 0 aliphatic heterocycles. The molecule has 14 heavy (non-hydrogen) atoms. The largest absolute Gasteiger partial charge is 0.380 e. The molecule has 0 aromatic heterocycles. The normalized spacial score (nSPS) is 9.57. The first-order chi connectivity index (χ1) is 6.91. The Hall–Kier alpha value is 0. The van der Waals surface area contributed by atoms with Crippen LogP contribution in [0.5, 0.6) is 0 Å². The van der Waals surface area contributed by atoms with E-state index >= 15 is 0 Å². The van der Waals surface area contributed by atoms with Crippen LogP contribution >= 0.6 is 15.9 Å². The molecule has 0 heterocycles. The summed E-state index contributed by atoms with van der Waals surface area (Å²) >= 11 is 3.39. The summed E-state index contributed by atoms with van der Waals surface area (Å²) in [5, 5.41) is 1.08. The third-order valence-corrected chi connectivity index (χ3v) is 2.38. The van der Waals surface area contributed by atoms with Crippen molar-refractivity contribution in [3.05, 3.63) is 0 Å². The van der Waals surface area contributed by atoms with E-state index in [9.17, 15) is 0 Å². The second-order valence-electron chi connectivity index (χ2n) is 3.22. The number of rotatable bonds is 8. The summed E-state index contributed by atoms with van der Waals surface area (Å²) < 4.78 is 5.42. The van der Waals surface area contributed by atoms with Crippen molar-refractivity contribution in [3.63, 3.8) is 0 Å². The Bertz CT molecular complexity index is 157. The van der Waals surface area contributed by atoms with Crippen molar-refractivity contribution in [3.8, 4) is 11.8 Å². The molecule has 0 N–H and O–H groups in total. The third kappa shape index (κ3) is 12.0. The van der Waals surface area contributed by atoms with Crippen molar-refractivity contribution in [2.75, 3.05) is 18.5 Å². The summed E-state index contributed by atoms with van der Waals surface area (Å²) in [5.74, 6) is 6.28. The lowest BCUT2D eigenvalue weighted by Crippen LogP contribution is -1.96. The van der Waals surface area contributed by atoms with Crippen molar-refractivity contribution >= 4 is 15.9 Å². The second-order valence-corrected chi connectivity index (χ2v) is 4.01. The highest BCUT2D eigenvalue weighted by atomic mass is 79.9. The summed E-state index contributed by atoms with van der Waals surface area (Å²) in [6, 6.07) is 0. The maximum absolute atomic E-state index is 5.42. The summed E-state index contributed by atoms with van der Waals surface area (Å²) in [7, 11) is 0. The van der Waals surface area contributed by atoms with Crippen molar-refractivity contribution in [2.45, 2.75) is 45.4 Å². The molecule has 0 saturated carbocycles. The first kappa shape index (κ1) is 14.0. The molecule has 0 aliphatic carbocycles. The third-order valence-electron chi connectivity index (χ3n) is 1.82. The van der Waals surface area contributed by atoms with Gasteiger partial charge in [-0.2, -0.15) is 0 Å². The number of hydrogen-bond acceptors (Lipinski definition) is 1. The highest BCUT2D eigenvalue weighted by molar-refractivity contribution is 9.09. The predicted molar refractivity (Wildman–Crippen MR) is 65.8 cm³/mol. The van der Waals surface area contributed by atoms with E-state index in [4.69, 9.17) is 4.74 Å². The summed E-state index contributed by atoms with van der Waals surface area (Å²) in [5.41, 5.74) is 0. The van der Waals surface area contributed by atoms with Gasteiger partial charge in [0.15, 0.2) is 0 Å². The van der Waals surface area contributed by atoms with E-state index in [2.05, 4.69) is 34.7 Å². The quantitative estimate of drug-likeness (QED) is 0.367. The standard InChI is InChI=1S/C12H21BrO/c1-2-3-4-5-6-8-11-14-12-9-7-10-13/h2-4,7-12H2,1H3. The van der Waals surface area contributed by atoms with Crippen LogP contribution in [-0.4, -0.2) is 18.5 Å². The lowest BCUT2D eigenvalue weighted by Gasteiger charge is -1.99. The average molecular weight is 261 g/mol. The van der Waals surface area contributed by atoms with E-state index in [1.54, 1.807) is 0 Å². The predicted octanol–water partition coefficient (Wildman–Crippen LogP) is 3.76. The number of ether oxygens (including phenoxy) is 1. The smallest absolute Gasteiger partial charge is 0.0575 e. The Labute approximate surface area is 96.7 Å². The van der Waals surface area contributed by atoms with Crippen LogP contribution in [0, 0.1) is 11.8 Å². The van der Waals surface area contributed by atoms with Crippen LogP contribution < -0.4 is 0 Å². The molecule has 0 saturated heterocycles. The molecule has 2 heteroatoms. The molecule has 0 aromatic rings. The van der Waals surface area contributed by atoms with E-state index in [1.807, 2.05) is 0 Å². The van der Waals surface area contributed by atoms with Gasteiger partial charge < -0.3 is 4.74 Å². The van der Waals surface area contributed by atoms with Gasteiger partial charge in [-0.05, 0) is 19.3 Å². The Kier molecular flexibility index (Phi) is 13.0. The van der Waals surface area contributed by atoms with Gasteiger partial charge in [-0.25, -0.2) is 0 Å². The molecule has 0 spiro atoms. The van der Waals surface area contributed by atoms with Crippen LogP contribution in [0.1, 0.15) is 45.4 Å². The number of hydrogen-bond donors (Lipinski definition) is 0. The molecule has 82 valence electrons. The fourth-order valence-electron chi connectivity index (χ4n) is 0.966. The van der Waals surface area contributed by atoms with E-state index in [0.29, 0.717) is 0 Å². The van der Waals surface area contributed by atoms with E-state index < -0.39 is 0 Å². The molecule has 1 nitrogen and oxygen atoms in total. The van der Waals surface area contributed by atoms with E-state index in [1.165, 1.54) is 19.3 Å². The minimum absolute atomic E-state index is 0.793. The molecule has 0 aromatic carbocycles. The van der Waals surface area contributed by atoms with Gasteiger partial charge in [-0.3, -0.25) is 0 Å². The lowest BCUT2D eigenvalue weighted by molar-refractivity contribution is 0.137. The van der Waals surface area contributed by atoms with E-state index in [0.717, 1.165) is 37.8 Å². The second kappa shape index (κ2) is 13.0. The van der Waals surface area contributed by atoms with Crippen molar-refractivity contribution in [1.29, 1.82) is 0 Å². The van der Waals surface area contributed by atoms with Gasteiger partial charge in [0, 0.05) is 24.8 Å². The molecule has 0 radical (unpaired) electrons. The first-order valence-electron chi connectivity index (χ1n) is 5.51. The fraction of sp³-hybridized carbons (Fsp3) is 0.833. The zero-order valence-electron chi connectivity index (χ0n) is 9.15. The molecule has 0 bridgehead atoms. The Morgan fingerprint density at radius 1 is 1.00 bits per heavy atom. The fourth-order valence-corrected chi connectivity index (χ4v) is 1.36.